The van der Waals surface area contributed by atoms with Crippen LogP contribution in [-0.2, 0) is 4.43 Å². The van der Waals surface area contributed by atoms with Crippen molar-refractivity contribution in [1.82, 2.24) is 9.97 Å². The van der Waals surface area contributed by atoms with Crippen molar-refractivity contribution in [1.29, 1.82) is 0 Å². The third-order valence-corrected chi connectivity index (χ3v) is 14.7. The van der Waals surface area contributed by atoms with E-state index in [4.69, 9.17) is 21.0 Å². The van der Waals surface area contributed by atoms with Crippen LogP contribution in [0.25, 0.3) is 10.9 Å². The molecule has 1 aliphatic heterocycles. The van der Waals surface area contributed by atoms with Gasteiger partial charge in [0.2, 0.25) is 0 Å². The van der Waals surface area contributed by atoms with Gasteiger partial charge >= 0.3 is 0 Å². The topological polar surface area (TPSA) is 38.2 Å². The number of anilines is 1. The van der Waals surface area contributed by atoms with Crippen molar-refractivity contribution < 1.29 is 13.2 Å². The number of piperidine rings is 1. The van der Waals surface area contributed by atoms with Gasteiger partial charge in [0.15, 0.2) is 16.8 Å². The zero-order valence-corrected chi connectivity index (χ0v) is 27.7. The van der Waals surface area contributed by atoms with Crippen LogP contribution >= 0.6 is 39.3 Å². The van der Waals surface area contributed by atoms with Crippen molar-refractivity contribution in [3.63, 3.8) is 0 Å². The summed E-state index contributed by atoms with van der Waals surface area (Å²) in [5.41, 5.74) is -0.0784. The lowest BCUT2D eigenvalue weighted by Gasteiger charge is -2.45. The highest BCUT2D eigenvalue weighted by Crippen LogP contribution is 2.41. The first-order chi connectivity index (χ1) is 19.6. The summed E-state index contributed by atoms with van der Waals surface area (Å²) in [7, 11) is -2.80. The van der Waals surface area contributed by atoms with Crippen LogP contribution in [0.4, 0.5) is 14.6 Å². The average Bonchev–Trinajstić information content (AvgIpc) is 2.99. The average molecular weight is 677 g/mol. The lowest BCUT2D eigenvalue weighted by Crippen LogP contribution is -2.67. The number of rotatable bonds is 7. The van der Waals surface area contributed by atoms with E-state index in [1.165, 1.54) is 22.1 Å². The Hall–Kier alpha value is -2.04. The van der Waals surface area contributed by atoms with Crippen LogP contribution in [0.2, 0.25) is 10.1 Å². The molecule has 4 nitrogen and oxygen atoms in total. The Labute approximate surface area is 259 Å². The quantitative estimate of drug-likeness (QED) is 0.0653. The monoisotopic (exact) mass is 675 g/mol. The summed E-state index contributed by atoms with van der Waals surface area (Å²) < 4.78 is 38.2. The van der Waals surface area contributed by atoms with Crippen LogP contribution in [0.5, 0.6) is 0 Å². The van der Waals surface area contributed by atoms with Gasteiger partial charge in [0.1, 0.15) is 11.3 Å². The molecule has 5 rings (SSSR count). The number of benzene rings is 3. The SMILES string of the molecule is CSc1nc(N2CCCC[C@H]2CO[Si](c2ccccc2)(c2ccccc2)C(C)(C)C)c2c(F)c(Cl)c(Br)c(F)c2n1. The van der Waals surface area contributed by atoms with E-state index in [-0.39, 0.29) is 31.5 Å². The first kappa shape index (κ1) is 30.4. The standard InChI is InChI=1S/C31H33BrClF2N3OSSi/c1-31(2,3)41(21-14-7-5-8-15-21,22-16-9-6-10-17-22)39-19-20-13-11-12-18-38(20)29-23-26(34)25(33)24(32)27(35)28(23)36-30(37-29)40-4/h5-10,14-17,20H,11-13,18-19H2,1-4H3/t20-/m0/s1. The molecule has 1 atom stereocenters. The summed E-state index contributed by atoms with van der Waals surface area (Å²) in [6, 6.07) is 20.9. The smallest absolute Gasteiger partial charge is 0.261 e. The highest BCUT2D eigenvalue weighted by atomic mass is 79.9. The van der Waals surface area contributed by atoms with Gasteiger partial charge in [-0.25, -0.2) is 18.7 Å². The molecule has 0 spiro atoms. The Bertz CT molecular complexity index is 1500. The van der Waals surface area contributed by atoms with Gasteiger partial charge in [-0.1, -0.05) is 105 Å². The van der Waals surface area contributed by atoms with Gasteiger partial charge in [-0.15, -0.1) is 0 Å². The molecular formula is C31H33BrClF2N3OSSi. The summed E-state index contributed by atoms with van der Waals surface area (Å²) in [6.45, 7) is 7.81. The number of halogens is 4. The predicted octanol–water partition coefficient (Wildman–Crippen LogP) is 7.98. The zero-order chi connectivity index (χ0) is 29.4. The molecule has 216 valence electrons. The van der Waals surface area contributed by atoms with Gasteiger partial charge in [-0.05, 0) is 56.9 Å². The Morgan fingerprint density at radius 3 is 2.17 bits per heavy atom. The molecule has 1 aromatic heterocycles. The highest BCUT2D eigenvalue weighted by molar-refractivity contribution is 9.10. The van der Waals surface area contributed by atoms with Gasteiger partial charge in [0.05, 0.1) is 27.5 Å². The molecule has 3 aromatic carbocycles. The second kappa shape index (κ2) is 12.3. The third-order valence-electron chi connectivity index (χ3n) is 7.87. The molecule has 10 heteroatoms. The first-order valence-corrected chi connectivity index (χ1v) is 18.0. The Kier molecular flexibility index (Phi) is 9.11. The van der Waals surface area contributed by atoms with E-state index >= 15 is 8.78 Å². The summed E-state index contributed by atoms with van der Waals surface area (Å²) >= 11 is 10.6. The summed E-state index contributed by atoms with van der Waals surface area (Å²) in [4.78, 5) is 11.1. The molecule has 1 fully saturated rings. The van der Waals surface area contributed by atoms with E-state index in [1.54, 1.807) is 0 Å². The maximum absolute atomic E-state index is 15.7. The van der Waals surface area contributed by atoms with Gasteiger partial charge < -0.3 is 9.33 Å². The minimum Gasteiger partial charge on any atom is -0.405 e. The summed E-state index contributed by atoms with van der Waals surface area (Å²) in [5.74, 6) is -1.06. The molecule has 0 saturated carbocycles. The van der Waals surface area contributed by atoms with E-state index in [1.807, 2.05) is 18.4 Å². The lowest BCUT2D eigenvalue weighted by molar-refractivity contribution is 0.246. The molecule has 0 amide bonds. The van der Waals surface area contributed by atoms with Crippen LogP contribution in [0.15, 0.2) is 70.3 Å². The number of thioether (sulfide) groups is 1. The molecular weight excluding hydrogens is 644 g/mol. The Balaban J connectivity index is 1.62. The van der Waals surface area contributed by atoms with E-state index in [0.29, 0.717) is 24.1 Å². The first-order valence-electron chi connectivity index (χ1n) is 13.7. The maximum Gasteiger partial charge on any atom is 0.261 e. The van der Waals surface area contributed by atoms with Crippen molar-refractivity contribution in [2.75, 3.05) is 24.3 Å². The molecule has 41 heavy (non-hydrogen) atoms. The molecule has 0 unspecified atom stereocenters. The molecule has 0 bridgehead atoms. The van der Waals surface area contributed by atoms with Crippen LogP contribution < -0.4 is 15.3 Å². The highest BCUT2D eigenvalue weighted by Gasteiger charge is 2.50. The van der Waals surface area contributed by atoms with Crippen LogP contribution in [-0.4, -0.2) is 43.7 Å². The minimum atomic E-state index is -2.80. The second-order valence-corrected chi connectivity index (χ2v) is 17.6. The Morgan fingerprint density at radius 1 is 1.00 bits per heavy atom. The minimum absolute atomic E-state index is 0.00542. The third kappa shape index (κ3) is 5.56. The number of aromatic nitrogens is 2. The maximum atomic E-state index is 15.7. The van der Waals surface area contributed by atoms with Crippen molar-refractivity contribution in [3.05, 3.63) is 81.8 Å². The number of hydrogen-bond donors (Lipinski definition) is 0. The molecule has 0 aliphatic carbocycles. The lowest BCUT2D eigenvalue weighted by atomic mass is 10.0. The summed E-state index contributed by atoms with van der Waals surface area (Å²) in [5, 5.41) is 2.28. The van der Waals surface area contributed by atoms with E-state index in [0.717, 1.165) is 19.3 Å². The predicted molar refractivity (Wildman–Crippen MR) is 173 cm³/mol. The van der Waals surface area contributed by atoms with Crippen LogP contribution in [0.1, 0.15) is 40.0 Å². The number of nitrogens with zero attached hydrogens (tertiary/aromatic N) is 3. The van der Waals surface area contributed by atoms with Gasteiger partial charge in [0, 0.05) is 6.54 Å². The van der Waals surface area contributed by atoms with E-state index in [2.05, 4.69) is 95.1 Å². The van der Waals surface area contributed by atoms with E-state index in [9.17, 15) is 0 Å². The Morgan fingerprint density at radius 2 is 1.61 bits per heavy atom. The van der Waals surface area contributed by atoms with Gasteiger partial charge in [0.25, 0.3) is 8.32 Å². The zero-order valence-electron chi connectivity index (χ0n) is 23.6. The molecule has 2 heterocycles. The fraction of sp³-hybridized carbons (Fsp3) is 0.355. The van der Waals surface area contributed by atoms with Crippen molar-refractivity contribution in [3.8, 4) is 0 Å². The van der Waals surface area contributed by atoms with E-state index < -0.39 is 20.0 Å². The van der Waals surface area contributed by atoms with Crippen molar-refractivity contribution >= 4 is 74.7 Å². The normalized spacial score (nSPS) is 16.4. The van der Waals surface area contributed by atoms with Crippen LogP contribution in [0, 0.1) is 11.6 Å². The van der Waals surface area contributed by atoms with Crippen molar-refractivity contribution in [2.24, 2.45) is 0 Å². The molecule has 0 N–H and O–H groups in total. The fourth-order valence-electron chi connectivity index (χ4n) is 5.93. The molecule has 1 saturated heterocycles. The summed E-state index contributed by atoms with van der Waals surface area (Å²) in [6.07, 6.45) is 4.58. The molecule has 0 radical (unpaired) electrons. The van der Waals surface area contributed by atoms with Crippen LogP contribution in [0.3, 0.4) is 0 Å². The largest absolute Gasteiger partial charge is 0.405 e. The number of hydrogen-bond acceptors (Lipinski definition) is 5. The molecule has 4 aromatic rings. The fourth-order valence-corrected chi connectivity index (χ4v) is 11.4. The number of fused-ring (bicyclic) bond motifs is 1. The second-order valence-electron chi connectivity index (χ2n) is 11.3. The van der Waals surface area contributed by atoms with Crippen molar-refractivity contribution in [2.45, 2.75) is 56.3 Å². The molecule has 1 aliphatic rings. The van der Waals surface area contributed by atoms with Gasteiger partial charge in [-0.2, -0.15) is 0 Å². The van der Waals surface area contributed by atoms with Gasteiger partial charge in [-0.3, -0.25) is 0 Å².